The van der Waals surface area contributed by atoms with Gasteiger partial charge in [0.25, 0.3) is 5.91 Å². The van der Waals surface area contributed by atoms with E-state index < -0.39 is 11.7 Å². The number of pyridine rings is 2. The molecular weight excluding hydrogens is 403 g/mol. The van der Waals surface area contributed by atoms with E-state index in [9.17, 15) is 9.18 Å². The van der Waals surface area contributed by atoms with Crippen LogP contribution in [0, 0.1) is 5.82 Å². The van der Waals surface area contributed by atoms with Crippen molar-refractivity contribution in [3.8, 4) is 0 Å². The van der Waals surface area contributed by atoms with Crippen LogP contribution in [0.4, 0.5) is 21.7 Å². The third kappa shape index (κ3) is 4.22. The van der Waals surface area contributed by atoms with Gasteiger partial charge in [-0.3, -0.25) is 9.78 Å². The molecule has 0 aliphatic rings. The molecule has 6 N–H and O–H groups in total. The second kappa shape index (κ2) is 8.44. The lowest BCUT2D eigenvalue weighted by atomic mass is 10.1. The number of hydrogen-bond acceptors (Lipinski definition) is 7. The van der Waals surface area contributed by atoms with Crippen molar-refractivity contribution in [2.75, 3.05) is 17.2 Å². The van der Waals surface area contributed by atoms with Crippen LogP contribution in [-0.2, 0) is 0 Å². The van der Waals surface area contributed by atoms with E-state index >= 15 is 0 Å². The van der Waals surface area contributed by atoms with E-state index in [4.69, 9.17) is 11.5 Å². The van der Waals surface area contributed by atoms with Crippen molar-refractivity contribution in [1.29, 1.82) is 0 Å². The lowest BCUT2D eigenvalue weighted by Gasteiger charge is -2.15. The summed E-state index contributed by atoms with van der Waals surface area (Å²) in [6, 6.07) is 11.9. The fourth-order valence-corrected chi connectivity index (χ4v) is 3.72. The number of anilines is 3. The minimum Gasteiger partial charge on any atom is -0.366 e. The molecule has 1 atom stereocenters. The van der Waals surface area contributed by atoms with Crippen LogP contribution in [0.15, 0.2) is 59.4 Å². The van der Waals surface area contributed by atoms with Gasteiger partial charge in [0.1, 0.15) is 5.82 Å². The van der Waals surface area contributed by atoms with E-state index in [1.807, 2.05) is 41.1 Å². The standard InChI is InChI=1S/C21H19FN6OS/c22-16-9-15(19(24)29)20(27-14-3-4-18-12(8-14)2-1-6-25-18)28-21(16)26-10-17(23)13-5-7-30-11-13/h1-9,11,17H,10,23H2,(H2,24,29)(H2,26,27,28). The highest BCUT2D eigenvalue weighted by molar-refractivity contribution is 7.07. The lowest BCUT2D eigenvalue weighted by Crippen LogP contribution is -2.22. The first kappa shape index (κ1) is 19.7. The number of nitrogens with zero attached hydrogens (tertiary/aromatic N) is 2. The van der Waals surface area contributed by atoms with Crippen molar-refractivity contribution in [3.05, 3.63) is 76.4 Å². The monoisotopic (exact) mass is 422 g/mol. The minimum absolute atomic E-state index is 0.0179. The number of carbonyl (C=O) groups is 1. The van der Waals surface area contributed by atoms with Crippen molar-refractivity contribution >= 4 is 45.5 Å². The smallest absolute Gasteiger partial charge is 0.252 e. The maximum Gasteiger partial charge on any atom is 0.252 e. The number of nitrogens with two attached hydrogens (primary N) is 2. The zero-order valence-electron chi connectivity index (χ0n) is 15.8. The number of primary amides is 1. The number of nitrogens with one attached hydrogen (secondary N) is 2. The van der Waals surface area contributed by atoms with Gasteiger partial charge in [-0.1, -0.05) is 6.07 Å². The average Bonchev–Trinajstić information content (AvgIpc) is 3.28. The molecule has 152 valence electrons. The summed E-state index contributed by atoms with van der Waals surface area (Å²) in [5, 5.41) is 10.7. The van der Waals surface area contributed by atoms with Gasteiger partial charge in [-0.15, -0.1) is 0 Å². The summed E-state index contributed by atoms with van der Waals surface area (Å²) >= 11 is 1.54. The van der Waals surface area contributed by atoms with Crippen molar-refractivity contribution < 1.29 is 9.18 Å². The molecule has 1 amide bonds. The first-order valence-electron chi connectivity index (χ1n) is 9.15. The van der Waals surface area contributed by atoms with Crippen LogP contribution in [-0.4, -0.2) is 22.4 Å². The van der Waals surface area contributed by atoms with Gasteiger partial charge in [0.15, 0.2) is 11.6 Å². The van der Waals surface area contributed by atoms with E-state index in [1.54, 1.807) is 12.3 Å². The average molecular weight is 422 g/mol. The summed E-state index contributed by atoms with van der Waals surface area (Å²) in [7, 11) is 0. The van der Waals surface area contributed by atoms with Gasteiger partial charge in [0.05, 0.1) is 11.1 Å². The highest BCUT2D eigenvalue weighted by Gasteiger charge is 2.17. The molecule has 0 spiro atoms. The van der Waals surface area contributed by atoms with Crippen LogP contribution in [0.5, 0.6) is 0 Å². The number of amides is 1. The third-order valence-corrected chi connectivity index (χ3v) is 5.27. The molecular formula is C21H19FN6OS. The van der Waals surface area contributed by atoms with Crippen LogP contribution < -0.4 is 22.1 Å². The molecule has 0 fully saturated rings. The molecule has 4 rings (SSSR count). The van der Waals surface area contributed by atoms with Crippen molar-refractivity contribution in [2.24, 2.45) is 11.5 Å². The normalized spacial score (nSPS) is 11.9. The predicted molar refractivity (Wildman–Crippen MR) is 117 cm³/mol. The van der Waals surface area contributed by atoms with Gasteiger partial charge in [-0.2, -0.15) is 11.3 Å². The van der Waals surface area contributed by atoms with Gasteiger partial charge in [0, 0.05) is 29.9 Å². The first-order valence-corrected chi connectivity index (χ1v) is 10.1. The molecule has 3 aromatic heterocycles. The van der Waals surface area contributed by atoms with Gasteiger partial charge in [-0.25, -0.2) is 9.37 Å². The quantitative estimate of drug-likeness (QED) is 0.360. The maximum atomic E-state index is 14.5. The van der Waals surface area contributed by atoms with Crippen LogP contribution in [0.25, 0.3) is 10.9 Å². The number of aromatic nitrogens is 2. The highest BCUT2D eigenvalue weighted by atomic mass is 32.1. The van der Waals surface area contributed by atoms with E-state index in [2.05, 4.69) is 20.6 Å². The Bertz CT molecular complexity index is 1200. The van der Waals surface area contributed by atoms with E-state index in [0.717, 1.165) is 22.5 Å². The van der Waals surface area contributed by atoms with Crippen molar-refractivity contribution in [1.82, 2.24) is 9.97 Å². The molecule has 30 heavy (non-hydrogen) atoms. The molecule has 1 aromatic carbocycles. The Hall–Kier alpha value is -3.56. The van der Waals surface area contributed by atoms with Crippen molar-refractivity contribution in [2.45, 2.75) is 6.04 Å². The summed E-state index contributed by atoms with van der Waals surface area (Å²) in [6.07, 6.45) is 1.71. The SMILES string of the molecule is NC(=O)c1cc(F)c(NCC(N)c2ccsc2)nc1Nc1ccc2ncccc2c1. The lowest BCUT2D eigenvalue weighted by molar-refractivity contribution is 0.100. The summed E-state index contributed by atoms with van der Waals surface area (Å²) in [6.45, 7) is 0.275. The molecule has 0 saturated heterocycles. The molecule has 9 heteroatoms. The topological polar surface area (TPSA) is 119 Å². The Morgan fingerprint density at radius 3 is 2.83 bits per heavy atom. The molecule has 0 saturated carbocycles. The summed E-state index contributed by atoms with van der Waals surface area (Å²) in [5.41, 5.74) is 14.0. The highest BCUT2D eigenvalue weighted by Crippen LogP contribution is 2.26. The number of benzene rings is 1. The largest absolute Gasteiger partial charge is 0.366 e. The van der Waals surface area contributed by atoms with Crippen molar-refractivity contribution in [3.63, 3.8) is 0 Å². The summed E-state index contributed by atoms with van der Waals surface area (Å²) in [5.74, 6) is -1.34. The molecule has 0 bridgehead atoms. The molecule has 3 heterocycles. The van der Waals surface area contributed by atoms with Crippen LogP contribution in [0.2, 0.25) is 0 Å². The Kier molecular flexibility index (Phi) is 5.55. The molecule has 1 unspecified atom stereocenters. The molecule has 0 radical (unpaired) electrons. The number of carbonyl (C=O) groups excluding carboxylic acids is 1. The number of hydrogen-bond donors (Lipinski definition) is 4. The van der Waals surface area contributed by atoms with Crippen LogP contribution >= 0.6 is 11.3 Å². The molecule has 0 aliphatic carbocycles. The number of thiophene rings is 1. The number of halogens is 1. The van der Waals surface area contributed by atoms with Gasteiger partial charge < -0.3 is 22.1 Å². The number of rotatable bonds is 7. The minimum atomic E-state index is -0.784. The first-order chi connectivity index (χ1) is 14.5. The Labute approximate surface area is 176 Å². The zero-order chi connectivity index (χ0) is 21.1. The second-order valence-electron chi connectivity index (χ2n) is 6.66. The Morgan fingerprint density at radius 1 is 1.20 bits per heavy atom. The van der Waals surface area contributed by atoms with Gasteiger partial charge in [-0.05, 0) is 52.7 Å². The fraction of sp³-hybridized carbons (Fsp3) is 0.0952. The van der Waals surface area contributed by atoms with Crippen LogP contribution in [0.1, 0.15) is 22.0 Å². The predicted octanol–water partition coefficient (Wildman–Crippen LogP) is 3.78. The Morgan fingerprint density at radius 2 is 2.07 bits per heavy atom. The fourth-order valence-electron chi connectivity index (χ4n) is 3.00. The maximum absolute atomic E-state index is 14.5. The third-order valence-electron chi connectivity index (χ3n) is 4.57. The Balaban J connectivity index is 1.61. The molecule has 0 aliphatic heterocycles. The van der Waals surface area contributed by atoms with Gasteiger partial charge in [0.2, 0.25) is 0 Å². The van der Waals surface area contributed by atoms with E-state index in [0.29, 0.717) is 5.69 Å². The van der Waals surface area contributed by atoms with E-state index in [-0.39, 0.29) is 29.8 Å². The summed E-state index contributed by atoms with van der Waals surface area (Å²) in [4.78, 5) is 20.4. The van der Waals surface area contributed by atoms with Crippen LogP contribution in [0.3, 0.4) is 0 Å². The van der Waals surface area contributed by atoms with E-state index in [1.165, 1.54) is 11.3 Å². The molecule has 4 aromatic rings. The molecule has 7 nitrogen and oxygen atoms in total. The van der Waals surface area contributed by atoms with Gasteiger partial charge >= 0.3 is 0 Å². The zero-order valence-corrected chi connectivity index (χ0v) is 16.6. The second-order valence-corrected chi connectivity index (χ2v) is 7.44. The summed E-state index contributed by atoms with van der Waals surface area (Å²) < 4.78 is 14.5. The number of fused-ring (bicyclic) bond motifs is 1.